The van der Waals surface area contributed by atoms with E-state index < -0.39 is 17.4 Å². The van der Waals surface area contributed by atoms with E-state index in [1.165, 1.54) is 0 Å². The molecule has 168 valence electrons. The number of benzene rings is 2. The van der Waals surface area contributed by atoms with E-state index in [0.717, 1.165) is 17.8 Å². The zero-order chi connectivity index (χ0) is 22.9. The van der Waals surface area contributed by atoms with E-state index in [1.54, 1.807) is 54.2 Å². The van der Waals surface area contributed by atoms with Crippen LogP contribution in [-0.2, 0) is 21.7 Å². The number of aliphatic hydroxyl groups excluding tert-OH is 1. The van der Waals surface area contributed by atoms with Gasteiger partial charge in [-0.3, -0.25) is 9.59 Å². The molecule has 32 heavy (non-hydrogen) atoms. The molecule has 0 unspecified atom stereocenters. The van der Waals surface area contributed by atoms with Crippen LogP contribution in [0, 0.1) is 5.92 Å². The molecule has 1 saturated heterocycles. The molecule has 1 fully saturated rings. The molecule has 0 aromatic heterocycles. The lowest BCUT2D eigenvalue weighted by Gasteiger charge is -2.31. The van der Waals surface area contributed by atoms with Crippen LogP contribution in [0.3, 0.4) is 0 Å². The summed E-state index contributed by atoms with van der Waals surface area (Å²) in [6, 6.07) is 12.8. The highest BCUT2D eigenvalue weighted by Gasteiger charge is 2.52. The molecule has 7 nitrogen and oxygen atoms in total. The van der Waals surface area contributed by atoms with Gasteiger partial charge in [0.15, 0.2) is 5.60 Å². The fourth-order valence-electron chi connectivity index (χ4n) is 4.28. The molecule has 0 spiro atoms. The minimum Gasteiger partial charge on any atom is -0.497 e. The van der Waals surface area contributed by atoms with Gasteiger partial charge in [0.1, 0.15) is 5.75 Å². The number of aliphatic hydroxyl groups is 2. The maximum atomic E-state index is 13.5. The van der Waals surface area contributed by atoms with Crippen LogP contribution in [0.1, 0.15) is 30.9 Å². The van der Waals surface area contributed by atoms with Crippen molar-refractivity contribution in [2.75, 3.05) is 30.1 Å². The largest absolute Gasteiger partial charge is 0.497 e. The fourth-order valence-corrected chi connectivity index (χ4v) is 4.28. The number of hydrogen-bond donors (Lipinski definition) is 2. The molecule has 0 aliphatic carbocycles. The lowest BCUT2D eigenvalue weighted by atomic mass is 9.83. The quantitative estimate of drug-likeness (QED) is 0.491. The molecular weight excluding hydrogens is 408 g/mol. The number of β-lactam (4-membered cyclic amide) rings is 1. The van der Waals surface area contributed by atoms with Crippen LogP contribution in [0.2, 0.25) is 0 Å². The van der Waals surface area contributed by atoms with Crippen molar-refractivity contribution in [1.29, 1.82) is 0 Å². The first-order valence-corrected chi connectivity index (χ1v) is 10.8. The van der Waals surface area contributed by atoms with Crippen molar-refractivity contribution < 1.29 is 24.5 Å². The van der Waals surface area contributed by atoms with Crippen LogP contribution in [0.4, 0.5) is 11.4 Å². The van der Waals surface area contributed by atoms with Gasteiger partial charge in [-0.25, -0.2) is 0 Å². The Bertz CT molecular complexity index is 1050. The van der Waals surface area contributed by atoms with Crippen LogP contribution < -0.4 is 14.5 Å². The van der Waals surface area contributed by atoms with Crippen molar-refractivity contribution in [1.82, 2.24) is 0 Å². The lowest BCUT2D eigenvalue weighted by Crippen LogP contribution is -2.44. The average molecular weight is 437 g/mol. The third-order valence-corrected chi connectivity index (χ3v) is 6.29. The van der Waals surface area contributed by atoms with E-state index in [-0.39, 0.29) is 12.5 Å². The molecule has 2 heterocycles. The molecule has 2 atom stereocenters. The number of ether oxygens (including phenoxy) is 1. The van der Waals surface area contributed by atoms with Crippen LogP contribution in [-0.4, -0.2) is 42.3 Å². The number of fused-ring (bicyclic) bond motifs is 1. The maximum absolute atomic E-state index is 13.5. The van der Waals surface area contributed by atoms with E-state index in [1.807, 2.05) is 24.3 Å². The van der Waals surface area contributed by atoms with Gasteiger partial charge in [-0.05, 0) is 42.3 Å². The summed E-state index contributed by atoms with van der Waals surface area (Å²) in [6.07, 6.45) is 4.57. The van der Waals surface area contributed by atoms with Gasteiger partial charge in [0.25, 0.3) is 5.91 Å². The number of rotatable bonds is 8. The Hall–Kier alpha value is -3.16. The van der Waals surface area contributed by atoms with Crippen molar-refractivity contribution in [3.8, 4) is 5.75 Å². The van der Waals surface area contributed by atoms with Gasteiger partial charge >= 0.3 is 0 Å². The molecule has 2 aliphatic rings. The maximum Gasteiger partial charge on any atom is 0.264 e. The fraction of sp³-hybridized carbons (Fsp3) is 0.360. The summed E-state index contributed by atoms with van der Waals surface area (Å²) >= 11 is 0. The Balaban J connectivity index is 1.64. The molecule has 0 saturated carbocycles. The van der Waals surface area contributed by atoms with Gasteiger partial charge in [-0.15, -0.1) is 0 Å². The Labute approximate surface area is 187 Å². The van der Waals surface area contributed by atoms with Gasteiger partial charge in [0.2, 0.25) is 5.91 Å². The summed E-state index contributed by atoms with van der Waals surface area (Å²) < 4.78 is 5.34. The number of methoxy groups -OCH3 is 1. The van der Waals surface area contributed by atoms with Gasteiger partial charge < -0.3 is 24.7 Å². The van der Waals surface area contributed by atoms with Crippen molar-refractivity contribution in [3.63, 3.8) is 0 Å². The standard InChI is InChI=1S/C25H28N2O5/c1-17(5-3-4-14-28)25(31)21-15-20(32-2)10-11-22(21)27(24(25)30)16-18-6-8-19(9-7-18)26-13-12-23(26)29/h3,5-11,15,17,28,31H,4,12-14,16H2,1-2H3/b5-3+/t17-,25+/m1/s1. The number of anilines is 2. The van der Waals surface area contributed by atoms with E-state index in [9.17, 15) is 14.7 Å². The molecule has 4 rings (SSSR count). The monoisotopic (exact) mass is 436 g/mol. The van der Waals surface area contributed by atoms with Crippen molar-refractivity contribution in [2.45, 2.75) is 31.9 Å². The molecule has 0 bridgehead atoms. The Morgan fingerprint density at radius 2 is 1.94 bits per heavy atom. The highest BCUT2D eigenvalue weighted by Crippen LogP contribution is 2.47. The highest BCUT2D eigenvalue weighted by atomic mass is 16.5. The zero-order valence-corrected chi connectivity index (χ0v) is 18.3. The van der Waals surface area contributed by atoms with Gasteiger partial charge in [-0.2, -0.15) is 0 Å². The Kier molecular flexibility index (Phi) is 6.04. The molecule has 2 aromatic carbocycles. The van der Waals surface area contributed by atoms with Gasteiger partial charge in [0.05, 0.1) is 19.3 Å². The first-order chi connectivity index (χ1) is 15.4. The van der Waals surface area contributed by atoms with E-state index >= 15 is 0 Å². The minimum atomic E-state index is -1.74. The van der Waals surface area contributed by atoms with E-state index in [4.69, 9.17) is 9.84 Å². The lowest BCUT2D eigenvalue weighted by molar-refractivity contribution is -0.139. The normalized spacial score (nSPS) is 21.1. The Morgan fingerprint density at radius 1 is 1.19 bits per heavy atom. The predicted molar refractivity (Wildman–Crippen MR) is 121 cm³/mol. The molecular formula is C25H28N2O5. The second-order valence-corrected chi connectivity index (χ2v) is 8.23. The molecule has 2 aliphatic heterocycles. The van der Waals surface area contributed by atoms with Crippen molar-refractivity contribution in [2.24, 2.45) is 5.92 Å². The molecule has 0 radical (unpaired) electrons. The minimum absolute atomic E-state index is 0.00511. The second kappa shape index (κ2) is 8.76. The summed E-state index contributed by atoms with van der Waals surface area (Å²) in [4.78, 5) is 28.5. The molecule has 2 N–H and O–H groups in total. The highest BCUT2D eigenvalue weighted by molar-refractivity contribution is 6.07. The number of amides is 2. The molecule has 2 amide bonds. The van der Waals surface area contributed by atoms with E-state index in [0.29, 0.717) is 36.4 Å². The summed E-state index contributed by atoms with van der Waals surface area (Å²) in [5.41, 5.74) is 1.15. The van der Waals surface area contributed by atoms with Gasteiger partial charge in [-0.1, -0.05) is 31.2 Å². The van der Waals surface area contributed by atoms with Crippen molar-refractivity contribution >= 4 is 23.2 Å². The third kappa shape index (κ3) is 3.67. The Morgan fingerprint density at radius 3 is 2.53 bits per heavy atom. The molecule has 2 aromatic rings. The summed E-state index contributed by atoms with van der Waals surface area (Å²) in [5, 5.41) is 20.7. The van der Waals surface area contributed by atoms with Crippen LogP contribution in [0.5, 0.6) is 5.75 Å². The van der Waals surface area contributed by atoms with Crippen LogP contribution in [0.15, 0.2) is 54.6 Å². The first-order valence-electron chi connectivity index (χ1n) is 10.8. The van der Waals surface area contributed by atoms with Crippen LogP contribution in [0.25, 0.3) is 0 Å². The zero-order valence-electron chi connectivity index (χ0n) is 18.3. The van der Waals surface area contributed by atoms with E-state index in [2.05, 4.69) is 0 Å². The molecule has 7 heteroatoms. The SMILES string of the molecule is COc1ccc2c(c1)[C@@](O)([C@H](C)/C=C/CCO)C(=O)N2Cc1ccc(N2CCC2=O)cc1. The second-order valence-electron chi connectivity index (χ2n) is 8.23. The summed E-state index contributed by atoms with van der Waals surface area (Å²) in [5.74, 6) is -0.225. The predicted octanol–water partition coefficient (Wildman–Crippen LogP) is 2.74. The van der Waals surface area contributed by atoms with Gasteiger partial charge in [0, 0.05) is 36.7 Å². The van der Waals surface area contributed by atoms with Crippen LogP contribution >= 0.6 is 0 Å². The smallest absolute Gasteiger partial charge is 0.264 e. The number of carbonyl (C=O) groups is 2. The summed E-state index contributed by atoms with van der Waals surface area (Å²) in [7, 11) is 1.55. The van der Waals surface area contributed by atoms with Crippen molar-refractivity contribution in [3.05, 3.63) is 65.7 Å². The topological polar surface area (TPSA) is 90.3 Å². The number of hydrogen-bond acceptors (Lipinski definition) is 5. The first kappa shape index (κ1) is 22.0. The third-order valence-electron chi connectivity index (χ3n) is 6.29. The number of carbonyl (C=O) groups excluding carboxylic acids is 2. The number of nitrogens with zero attached hydrogens (tertiary/aromatic N) is 2. The summed E-state index contributed by atoms with van der Waals surface area (Å²) in [6.45, 7) is 2.82. The average Bonchev–Trinajstić information content (AvgIpc) is 3.01.